The van der Waals surface area contributed by atoms with Crippen LogP contribution in [0.1, 0.15) is 31.3 Å². The lowest BCUT2D eigenvalue weighted by atomic mass is 10.0. The van der Waals surface area contributed by atoms with E-state index in [2.05, 4.69) is 36.3 Å². The molecule has 0 aliphatic heterocycles. The number of imidazole rings is 1. The summed E-state index contributed by atoms with van der Waals surface area (Å²) in [5.41, 5.74) is 4.19. The topological polar surface area (TPSA) is 53.9 Å². The predicted octanol–water partition coefficient (Wildman–Crippen LogP) is 4.80. The molecule has 0 saturated carbocycles. The van der Waals surface area contributed by atoms with Gasteiger partial charge in [-0.05, 0) is 24.1 Å². The summed E-state index contributed by atoms with van der Waals surface area (Å²) in [5, 5.41) is 4.80. The molecule has 0 amide bonds. The van der Waals surface area contributed by atoms with Crippen molar-refractivity contribution in [2.45, 2.75) is 26.4 Å². The van der Waals surface area contributed by atoms with E-state index in [0.717, 1.165) is 34.4 Å². The summed E-state index contributed by atoms with van der Waals surface area (Å²) >= 11 is 0. The van der Waals surface area contributed by atoms with Crippen LogP contribution in [0.15, 0.2) is 59.2 Å². The first-order valence-electron chi connectivity index (χ1n) is 8.35. The zero-order chi connectivity index (χ0) is 16.5. The SMILES string of the molecule is CC(C)C(NCc1coc2ccccc12)c1nc2ccccc2[nH]1. The zero-order valence-corrected chi connectivity index (χ0v) is 13.9. The van der Waals surface area contributed by atoms with Crippen LogP contribution in [-0.2, 0) is 6.54 Å². The molecule has 2 heterocycles. The number of fused-ring (bicyclic) bond motifs is 2. The summed E-state index contributed by atoms with van der Waals surface area (Å²) < 4.78 is 5.63. The molecule has 0 radical (unpaired) electrons. The Morgan fingerprint density at radius 1 is 1.08 bits per heavy atom. The highest BCUT2D eigenvalue weighted by Crippen LogP contribution is 2.25. The number of nitrogens with one attached hydrogen (secondary N) is 2. The monoisotopic (exact) mass is 319 g/mol. The molecule has 4 aromatic rings. The van der Waals surface area contributed by atoms with Crippen LogP contribution >= 0.6 is 0 Å². The summed E-state index contributed by atoms with van der Waals surface area (Å²) in [5.74, 6) is 1.41. The highest BCUT2D eigenvalue weighted by atomic mass is 16.3. The lowest BCUT2D eigenvalue weighted by Crippen LogP contribution is -2.26. The summed E-state index contributed by atoms with van der Waals surface area (Å²) in [7, 11) is 0. The molecule has 2 aromatic carbocycles. The van der Waals surface area contributed by atoms with E-state index in [1.807, 2.05) is 42.7 Å². The Labute approximate surface area is 140 Å². The van der Waals surface area contributed by atoms with Gasteiger partial charge in [0.05, 0.1) is 23.3 Å². The van der Waals surface area contributed by atoms with Crippen molar-refractivity contribution >= 4 is 22.0 Å². The van der Waals surface area contributed by atoms with Gasteiger partial charge in [0.25, 0.3) is 0 Å². The summed E-state index contributed by atoms with van der Waals surface area (Å²) in [4.78, 5) is 8.20. The Balaban J connectivity index is 1.59. The molecule has 4 rings (SSSR count). The van der Waals surface area contributed by atoms with Gasteiger partial charge in [0.2, 0.25) is 0 Å². The van der Waals surface area contributed by atoms with Crippen LogP contribution in [0.2, 0.25) is 0 Å². The van der Waals surface area contributed by atoms with Gasteiger partial charge in [0, 0.05) is 17.5 Å². The van der Waals surface area contributed by atoms with Gasteiger partial charge < -0.3 is 14.7 Å². The molecule has 0 saturated heterocycles. The molecule has 2 N–H and O–H groups in total. The largest absolute Gasteiger partial charge is 0.464 e. The van der Waals surface area contributed by atoms with E-state index in [-0.39, 0.29) is 6.04 Å². The van der Waals surface area contributed by atoms with Crippen molar-refractivity contribution in [3.8, 4) is 0 Å². The molecule has 0 aliphatic carbocycles. The van der Waals surface area contributed by atoms with E-state index in [9.17, 15) is 0 Å². The van der Waals surface area contributed by atoms with Gasteiger partial charge in [-0.1, -0.05) is 44.2 Å². The fraction of sp³-hybridized carbons (Fsp3) is 0.250. The van der Waals surface area contributed by atoms with Crippen molar-refractivity contribution < 1.29 is 4.42 Å². The van der Waals surface area contributed by atoms with E-state index in [1.165, 1.54) is 5.56 Å². The molecular formula is C20H21N3O. The maximum atomic E-state index is 5.63. The number of benzene rings is 2. The van der Waals surface area contributed by atoms with Crippen molar-refractivity contribution in [1.82, 2.24) is 15.3 Å². The van der Waals surface area contributed by atoms with Crippen molar-refractivity contribution in [3.63, 3.8) is 0 Å². The second-order valence-corrected chi connectivity index (χ2v) is 6.50. The number of nitrogens with zero attached hydrogens (tertiary/aromatic N) is 1. The highest BCUT2D eigenvalue weighted by Gasteiger charge is 2.19. The number of aromatic amines is 1. The maximum Gasteiger partial charge on any atom is 0.134 e. The first-order valence-corrected chi connectivity index (χ1v) is 8.35. The number of rotatable bonds is 5. The number of H-pyrrole nitrogens is 1. The molecule has 4 nitrogen and oxygen atoms in total. The van der Waals surface area contributed by atoms with Gasteiger partial charge in [-0.3, -0.25) is 0 Å². The molecule has 1 unspecified atom stereocenters. The Kier molecular flexibility index (Phi) is 3.82. The third-order valence-corrected chi connectivity index (χ3v) is 4.44. The standard InChI is InChI=1S/C20H21N3O/c1-13(2)19(20-22-16-8-4-5-9-17(16)23-20)21-11-14-12-24-18-10-6-3-7-15(14)18/h3-10,12-13,19,21H,11H2,1-2H3,(H,22,23). The Bertz CT molecular complexity index is 934. The summed E-state index contributed by atoms with van der Waals surface area (Å²) in [6, 6.07) is 16.4. The van der Waals surface area contributed by atoms with Crippen molar-refractivity contribution in [2.75, 3.05) is 0 Å². The number of aromatic nitrogens is 2. The molecule has 24 heavy (non-hydrogen) atoms. The zero-order valence-electron chi connectivity index (χ0n) is 13.9. The minimum Gasteiger partial charge on any atom is -0.464 e. The maximum absolute atomic E-state index is 5.63. The molecule has 0 spiro atoms. The molecule has 4 heteroatoms. The van der Waals surface area contributed by atoms with E-state index in [0.29, 0.717) is 5.92 Å². The third kappa shape index (κ3) is 2.69. The molecule has 122 valence electrons. The van der Waals surface area contributed by atoms with Gasteiger partial charge in [0.1, 0.15) is 11.4 Å². The quantitative estimate of drug-likeness (QED) is 0.556. The van der Waals surface area contributed by atoms with Crippen molar-refractivity contribution in [2.24, 2.45) is 5.92 Å². The third-order valence-electron chi connectivity index (χ3n) is 4.44. The second-order valence-electron chi connectivity index (χ2n) is 6.50. The Morgan fingerprint density at radius 2 is 1.88 bits per heavy atom. The molecule has 0 aliphatic rings. The lowest BCUT2D eigenvalue weighted by Gasteiger charge is -2.20. The average Bonchev–Trinajstić information content (AvgIpc) is 3.19. The van der Waals surface area contributed by atoms with E-state index >= 15 is 0 Å². The minimum absolute atomic E-state index is 0.158. The Hall–Kier alpha value is -2.59. The number of para-hydroxylation sites is 3. The lowest BCUT2D eigenvalue weighted by molar-refractivity contribution is 0.395. The first kappa shape index (κ1) is 15.0. The Morgan fingerprint density at radius 3 is 2.71 bits per heavy atom. The molecule has 1 atom stereocenters. The van der Waals surface area contributed by atoms with Gasteiger partial charge in [-0.25, -0.2) is 4.98 Å². The van der Waals surface area contributed by atoms with Crippen LogP contribution in [0.25, 0.3) is 22.0 Å². The average molecular weight is 319 g/mol. The smallest absolute Gasteiger partial charge is 0.134 e. The van der Waals surface area contributed by atoms with E-state index < -0.39 is 0 Å². The summed E-state index contributed by atoms with van der Waals surface area (Å²) in [6.07, 6.45) is 1.84. The molecule has 2 aromatic heterocycles. The number of hydrogen-bond acceptors (Lipinski definition) is 3. The van der Waals surface area contributed by atoms with Gasteiger partial charge in [-0.15, -0.1) is 0 Å². The predicted molar refractivity (Wildman–Crippen MR) is 96.7 cm³/mol. The normalized spacial score (nSPS) is 13.1. The first-order chi connectivity index (χ1) is 11.7. The van der Waals surface area contributed by atoms with Crippen molar-refractivity contribution in [1.29, 1.82) is 0 Å². The van der Waals surface area contributed by atoms with Crippen LogP contribution < -0.4 is 5.32 Å². The van der Waals surface area contributed by atoms with E-state index in [4.69, 9.17) is 9.40 Å². The number of furan rings is 1. The second kappa shape index (κ2) is 6.13. The van der Waals surface area contributed by atoms with Crippen molar-refractivity contribution in [3.05, 3.63) is 66.2 Å². The molecule has 0 fully saturated rings. The van der Waals surface area contributed by atoms with Gasteiger partial charge >= 0.3 is 0 Å². The fourth-order valence-corrected chi connectivity index (χ4v) is 3.16. The van der Waals surface area contributed by atoms with Crippen LogP contribution in [0, 0.1) is 5.92 Å². The highest BCUT2D eigenvalue weighted by molar-refractivity contribution is 5.80. The van der Waals surface area contributed by atoms with Crippen LogP contribution in [0.5, 0.6) is 0 Å². The molecule has 0 bridgehead atoms. The molecular weight excluding hydrogens is 298 g/mol. The number of hydrogen-bond donors (Lipinski definition) is 2. The van der Waals surface area contributed by atoms with E-state index in [1.54, 1.807) is 0 Å². The van der Waals surface area contributed by atoms with Gasteiger partial charge in [-0.2, -0.15) is 0 Å². The minimum atomic E-state index is 0.158. The van der Waals surface area contributed by atoms with Gasteiger partial charge in [0.15, 0.2) is 0 Å². The van der Waals surface area contributed by atoms with Crippen LogP contribution in [0.3, 0.4) is 0 Å². The van der Waals surface area contributed by atoms with Crippen LogP contribution in [-0.4, -0.2) is 9.97 Å². The summed E-state index contributed by atoms with van der Waals surface area (Å²) in [6.45, 7) is 5.16. The van der Waals surface area contributed by atoms with Crippen LogP contribution in [0.4, 0.5) is 0 Å². The fourth-order valence-electron chi connectivity index (χ4n) is 3.16.